The summed E-state index contributed by atoms with van der Waals surface area (Å²) in [5.74, 6) is 0.770. The molecule has 1 N–H and O–H groups in total. The minimum Gasteiger partial charge on any atom is -0.311 e. The Labute approximate surface area is 118 Å². The lowest BCUT2D eigenvalue weighted by Crippen LogP contribution is -2.55. The van der Waals surface area contributed by atoms with Crippen molar-refractivity contribution in [2.24, 2.45) is 5.92 Å². The highest BCUT2D eigenvalue weighted by molar-refractivity contribution is 5.25. The fraction of sp³-hybridized carbons (Fsp3) is 0.647. The summed E-state index contributed by atoms with van der Waals surface area (Å²) in [6.45, 7) is 12.5. The Hall–Kier alpha value is -0.860. The van der Waals surface area contributed by atoms with Crippen LogP contribution in [0.5, 0.6) is 0 Å². The van der Waals surface area contributed by atoms with Crippen LogP contribution in [-0.2, 0) is 6.54 Å². The summed E-state index contributed by atoms with van der Waals surface area (Å²) in [5.41, 5.74) is 2.88. The van der Waals surface area contributed by atoms with Crippen LogP contribution < -0.4 is 5.32 Å². The van der Waals surface area contributed by atoms with E-state index in [1.807, 2.05) is 0 Å². The first-order valence-corrected chi connectivity index (χ1v) is 7.58. The molecule has 2 atom stereocenters. The second-order valence-corrected chi connectivity index (χ2v) is 6.44. The van der Waals surface area contributed by atoms with Crippen LogP contribution in [0, 0.1) is 12.8 Å². The molecular formula is C17H28N2. The van der Waals surface area contributed by atoms with Crippen LogP contribution >= 0.6 is 0 Å². The average Bonchev–Trinajstić information content (AvgIpc) is 2.35. The predicted molar refractivity (Wildman–Crippen MR) is 82.3 cm³/mol. The Morgan fingerprint density at radius 2 is 2.05 bits per heavy atom. The topological polar surface area (TPSA) is 15.3 Å². The summed E-state index contributed by atoms with van der Waals surface area (Å²) in [6, 6.07) is 10.0. The summed E-state index contributed by atoms with van der Waals surface area (Å²) in [6.07, 6.45) is 1.27. The van der Waals surface area contributed by atoms with Crippen molar-refractivity contribution < 1.29 is 0 Å². The fourth-order valence-corrected chi connectivity index (χ4v) is 2.95. The Bertz CT molecular complexity index is 400. The smallest absolute Gasteiger partial charge is 0.0240 e. The summed E-state index contributed by atoms with van der Waals surface area (Å²) in [4.78, 5) is 2.63. The van der Waals surface area contributed by atoms with Crippen molar-refractivity contribution in [3.05, 3.63) is 35.4 Å². The number of hydrogen-bond donors (Lipinski definition) is 1. The minimum absolute atomic E-state index is 0.628. The van der Waals surface area contributed by atoms with E-state index in [0.717, 1.165) is 19.0 Å². The van der Waals surface area contributed by atoms with Crippen molar-refractivity contribution >= 4 is 0 Å². The molecular weight excluding hydrogens is 232 g/mol. The van der Waals surface area contributed by atoms with Gasteiger partial charge < -0.3 is 5.32 Å². The molecule has 0 aromatic heterocycles. The molecule has 0 spiro atoms. The number of hydrogen-bond acceptors (Lipinski definition) is 2. The van der Waals surface area contributed by atoms with E-state index in [9.17, 15) is 0 Å². The Balaban J connectivity index is 1.99. The monoisotopic (exact) mass is 260 g/mol. The van der Waals surface area contributed by atoms with Crippen LogP contribution in [0.15, 0.2) is 24.3 Å². The van der Waals surface area contributed by atoms with Gasteiger partial charge in [-0.25, -0.2) is 0 Å². The van der Waals surface area contributed by atoms with Crippen LogP contribution in [-0.4, -0.2) is 30.1 Å². The lowest BCUT2D eigenvalue weighted by Gasteiger charge is -2.39. The predicted octanol–water partition coefficient (Wildman–Crippen LogP) is 3.20. The van der Waals surface area contributed by atoms with Crippen LogP contribution in [0.4, 0.5) is 0 Å². The molecule has 2 rings (SSSR count). The molecule has 1 heterocycles. The Morgan fingerprint density at radius 3 is 2.74 bits per heavy atom. The van der Waals surface area contributed by atoms with E-state index in [4.69, 9.17) is 0 Å². The zero-order valence-corrected chi connectivity index (χ0v) is 12.8. The number of nitrogens with one attached hydrogen (secondary N) is 1. The molecule has 2 heteroatoms. The zero-order valence-electron chi connectivity index (χ0n) is 12.8. The lowest BCUT2D eigenvalue weighted by molar-refractivity contribution is 0.124. The number of rotatable bonds is 4. The Morgan fingerprint density at radius 1 is 1.32 bits per heavy atom. The van der Waals surface area contributed by atoms with Gasteiger partial charge in [-0.05, 0) is 37.3 Å². The summed E-state index contributed by atoms with van der Waals surface area (Å²) >= 11 is 0. The van der Waals surface area contributed by atoms with Crippen molar-refractivity contribution in [2.45, 2.75) is 52.7 Å². The second-order valence-electron chi connectivity index (χ2n) is 6.44. The van der Waals surface area contributed by atoms with E-state index in [0.29, 0.717) is 12.1 Å². The molecule has 1 saturated heterocycles. The molecule has 1 aromatic rings. The van der Waals surface area contributed by atoms with E-state index in [2.05, 4.69) is 62.2 Å². The van der Waals surface area contributed by atoms with Crippen LogP contribution in [0.2, 0.25) is 0 Å². The summed E-state index contributed by atoms with van der Waals surface area (Å²) < 4.78 is 0. The van der Waals surface area contributed by atoms with Gasteiger partial charge in [-0.15, -0.1) is 0 Å². The third-order valence-electron chi connectivity index (χ3n) is 4.17. The Kier molecular flexibility index (Phi) is 5.00. The lowest BCUT2D eigenvalue weighted by atomic mass is 9.99. The summed E-state index contributed by atoms with van der Waals surface area (Å²) in [5, 5.41) is 3.69. The van der Waals surface area contributed by atoms with E-state index >= 15 is 0 Å². The molecule has 0 bridgehead atoms. The maximum atomic E-state index is 3.69. The van der Waals surface area contributed by atoms with Gasteiger partial charge >= 0.3 is 0 Å². The second kappa shape index (κ2) is 6.53. The zero-order chi connectivity index (χ0) is 13.8. The van der Waals surface area contributed by atoms with Gasteiger partial charge in [0.2, 0.25) is 0 Å². The SMILES string of the molecule is Cc1ccccc1CN1CC(CC(C)C)NCC1C. The average molecular weight is 260 g/mol. The third kappa shape index (κ3) is 4.05. The summed E-state index contributed by atoms with van der Waals surface area (Å²) in [7, 11) is 0. The molecule has 1 aliphatic rings. The highest BCUT2D eigenvalue weighted by Crippen LogP contribution is 2.17. The van der Waals surface area contributed by atoms with E-state index in [-0.39, 0.29) is 0 Å². The first-order chi connectivity index (χ1) is 9.06. The standard InChI is InChI=1S/C17H28N2/c1-13(2)9-17-12-19(15(4)10-18-17)11-16-8-6-5-7-14(16)3/h5-8,13,15,17-18H,9-12H2,1-4H3. The third-order valence-corrected chi connectivity index (χ3v) is 4.17. The van der Waals surface area contributed by atoms with E-state index in [1.165, 1.54) is 24.1 Å². The largest absolute Gasteiger partial charge is 0.311 e. The number of aryl methyl sites for hydroxylation is 1. The first-order valence-electron chi connectivity index (χ1n) is 7.58. The van der Waals surface area contributed by atoms with Gasteiger partial charge in [0.25, 0.3) is 0 Å². The van der Waals surface area contributed by atoms with Gasteiger partial charge in [-0.1, -0.05) is 38.1 Å². The van der Waals surface area contributed by atoms with Crippen molar-refractivity contribution in [3.8, 4) is 0 Å². The van der Waals surface area contributed by atoms with Crippen LogP contribution in [0.25, 0.3) is 0 Å². The quantitative estimate of drug-likeness (QED) is 0.894. The van der Waals surface area contributed by atoms with Crippen molar-refractivity contribution in [1.82, 2.24) is 10.2 Å². The molecule has 1 aromatic carbocycles. The minimum atomic E-state index is 0.628. The van der Waals surface area contributed by atoms with Gasteiger partial charge in [0.1, 0.15) is 0 Å². The molecule has 0 saturated carbocycles. The van der Waals surface area contributed by atoms with Gasteiger partial charge in [0.15, 0.2) is 0 Å². The van der Waals surface area contributed by atoms with Crippen LogP contribution in [0.3, 0.4) is 0 Å². The molecule has 0 aliphatic carbocycles. The molecule has 19 heavy (non-hydrogen) atoms. The maximum absolute atomic E-state index is 3.69. The molecule has 106 valence electrons. The number of benzene rings is 1. The number of nitrogens with zero attached hydrogens (tertiary/aromatic N) is 1. The maximum Gasteiger partial charge on any atom is 0.0240 e. The fourth-order valence-electron chi connectivity index (χ4n) is 2.95. The molecule has 1 fully saturated rings. The van der Waals surface area contributed by atoms with Gasteiger partial charge in [-0.2, -0.15) is 0 Å². The van der Waals surface area contributed by atoms with Crippen molar-refractivity contribution in [3.63, 3.8) is 0 Å². The highest BCUT2D eigenvalue weighted by atomic mass is 15.2. The molecule has 0 amide bonds. The molecule has 2 nitrogen and oxygen atoms in total. The first kappa shape index (κ1) is 14.5. The van der Waals surface area contributed by atoms with Crippen molar-refractivity contribution in [1.29, 1.82) is 0 Å². The highest BCUT2D eigenvalue weighted by Gasteiger charge is 2.25. The van der Waals surface area contributed by atoms with Crippen LogP contribution in [0.1, 0.15) is 38.3 Å². The van der Waals surface area contributed by atoms with Gasteiger partial charge in [-0.3, -0.25) is 4.90 Å². The van der Waals surface area contributed by atoms with Crippen molar-refractivity contribution in [2.75, 3.05) is 13.1 Å². The molecule has 2 unspecified atom stereocenters. The normalized spacial score (nSPS) is 24.9. The van der Waals surface area contributed by atoms with E-state index in [1.54, 1.807) is 0 Å². The van der Waals surface area contributed by atoms with Gasteiger partial charge in [0.05, 0.1) is 0 Å². The molecule has 1 aliphatic heterocycles. The van der Waals surface area contributed by atoms with Gasteiger partial charge in [0, 0.05) is 31.7 Å². The van der Waals surface area contributed by atoms with E-state index < -0.39 is 0 Å². The number of piperazine rings is 1. The molecule has 0 radical (unpaired) electrons.